The van der Waals surface area contributed by atoms with Crippen LogP contribution in [0.3, 0.4) is 0 Å². The van der Waals surface area contributed by atoms with Gasteiger partial charge >= 0.3 is 6.18 Å². The summed E-state index contributed by atoms with van der Waals surface area (Å²) >= 11 is 0. The topological polar surface area (TPSA) is 0 Å². The van der Waals surface area contributed by atoms with Gasteiger partial charge in [0.15, 0.2) is 0 Å². The molecule has 2 fully saturated rings. The fraction of sp³-hybridized carbons (Fsp3) is 0.667. The molecule has 2 saturated carbocycles. The van der Waals surface area contributed by atoms with E-state index in [1.54, 1.807) is 0 Å². The molecule has 0 aliphatic heterocycles. The summed E-state index contributed by atoms with van der Waals surface area (Å²) in [4.78, 5) is 0. The molecule has 7 heteroatoms. The third-order valence-corrected chi connectivity index (χ3v) is 7.03. The molecule has 0 radical (unpaired) electrons. The van der Waals surface area contributed by atoms with E-state index in [1.165, 1.54) is 0 Å². The molecule has 31 heavy (non-hydrogen) atoms. The Labute approximate surface area is 178 Å². The maximum atomic E-state index is 13.9. The van der Waals surface area contributed by atoms with Gasteiger partial charge in [0, 0.05) is 6.42 Å². The van der Waals surface area contributed by atoms with Gasteiger partial charge < -0.3 is 0 Å². The van der Waals surface area contributed by atoms with Crippen molar-refractivity contribution in [2.24, 2.45) is 17.8 Å². The zero-order chi connectivity index (χ0) is 22.6. The highest BCUT2D eigenvalue weighted by atomic mass is 19.4. The zero-order valence-corrected chi connectivity index (χ0v) is 17.4. The Kier molecular flexibility index (Phi) is 8.08. The van der Waals surface area contributed by atoms with Crippen LogP contribution in [0.2, 0.25) is 0 Å². The van der Waals surface area contributed by atoms with Crippen LogP contribution in [0.1, 0.15) is 81.3 Å². The summed E-state index contributed by atoms with van der Waals surface area (Å²) in [5.74, 6) is -1.62. The van der Waals surface area contributed by atoms with Crippen molar-refractivity contribution in [3.05, 3.63) is 47.0 Å². The van der Waals surface area contributed by atoms with E-state index in [0.717, 1.165) is 63.5 Å². The normalized spacial score (nSPS) is 27.9. The van der Waals surface area contributed by atoms with Gasteiger partial charge in [0.1, 0.15) is 17.2 Å². The highest BCUT2D eigenvalue weighted by molar-refractivity contribution is 5.30. The molecule has 0 heterocycles. The van der Waals surface area contributed by atoms with Crippen LogP contribution >= 0.6 is 0 Å². The van der Waals surface area contributed by atoms with E-state index < -0.39 is 29.8 Å². The quantitative estimate of drug-likeness (QED) is 0.300. The summed E-state index contributed by atoms with van der Waals surface area (Å²) in [5.41, 5.74) is -1.50. The molecule has 2 aliphatic rings. The Morgan fingerprint density at radius 3 is 1.84 bits per heavy atom. The average Bonchev–Trinajstić information content (AvgIpc) is 2.70. The average molecular weight is 450 g/mol. The van der Waals surface area contributed by atoms with E-state index in [0.29, 0.717) is 29.7 Å². The Morgan fingerprint density at radius 1 is 0.839 bits per heavy atom. The van der Waals surface area contributed by atoms with Crippen LogP contribution in [0.4, 0.5) is 30.7 Å². The summed E-state index contributed by atoms with van der Waals surface area (Å²) in [7, 11) is 0. The molecule has 0 atom stereocenters. The van der Waals surface area contributed by atoms with Crippen molar-refractivity contribution < 1.29 is 30.7 Å². The molecular weight excluding hydrogens is 421 g/mol. The van der Waals surface area contributed by atoms with Gasteiger partial charge in [0.05, 0.1) is 0 Å². The van der Waals surface area contributed by atoms with Gasteiger partial charge in [-0.15, -0.1) is 0 Å². The first kappa shape index (κ1) is 24.1. The lowest BCUT2D eigenvalue weighted by Crippen LogP contribution is -2.25. The first-order chi connectivity index (χ1) is 14.6. The van der Waals surface area contributed by atoms with Crippen LogP contribution in [-0.2, 0) is 6.18 Å². The molecule has 174 valence electrons. The molecule has 3 rings (SSSR count). The molecule has 0 bridgehead atoms. The van der Waals surface area contributed by atoms with Gasteiger partial charge in [-0.2, -0.15) is 13.2 Å². The maximum absolute atomic E-state index is 13.9. The van der Waals surface area contributed by atoms with Gasteiger partial charge in [-0.3, -0.25) is 0 Å². The second-order valence-corrected chi connectivity index (χ2v) is 9.04. The summed E-state index contributed by atoms with van der Waals surface area (Å²) in [6.45, 7) is 0. The fourth-order valence-corrected chi connectivity index (χ4v) is 5.34. The molecule has 1 aromatic carbocycles. The summed E-state index contributed by atoms with van der Waals surface area (Å²) in [6.07, 6.45) is 4.49. The second-order valence-electron chi connectivity index (χ2n) is 9.04. The summed E-state index contributed by atoms with van der Waals surface area (Å²) < 4.78 is 90.5. The number of halogens is 7. The van der Waals surface area contributed by atoms with Crippen LogP contribution in [0.15, 0.2) is 24.3 Å². The van der Waals surface area contributed by atoms with Gasteiger partial charge in [-0.25, -0.2) is 17.6 Å². The van der Waals surface area contributed by atoms with Gasteiger partial charge in [-0.1, -0.05) is 12.2 Å². The van der Waals surface area contributed by atoms with Crippen molar-refractivity contribution in [2.45, 2.75) is 82.7 Å². The highest BCUT2D eigenvalue weighted by Crippen LogP contribution is 2.45. The van der Waals surface area contributed by atoms with Gasteiger partial charge in [0.25, 0.3) is 0 Å². The lowest BCUT2D eigenvalue weighted by Gasteiger charge is -2.37. The summed E-state index contributed by atoms with van der Waals surface area (Å²) in [6, 6.07) is 1.70. The smallest absolute Gasteiger partial charge is 0.211 e. The lowest BCUT2D eigenvalue weighted by atomic mass is 9.68. The Bertz CT molecular complexity index is 714. The van der Waals surface area contributed by atoms with Crippen LogP contribution in [0, 0.1) is 29.4 Å². The standard InChI is InChI=1S/C24H29F7/c25-20-13-19(14-21(26)23(20)24(29,30)31)18-11-9-17(10-12-18)16-7-5-15(6-8-16)3-1-2-4-22(27)28/h1,3,13-18,22H,2,4-12H2. The van der Waals surface area contributed by atoms with Gasteiger partial charge in [0.2, 0.25) is 6.43 Å². The third kappa shape index (κ3) is 6.48. The Hall–Kier alpha value is -1.53. The van der Waals surface area contributed by atoms with Gasteiger partial charge in [-0.05, 0) is 99.2 Å². The molecule has 0 amide bonds. The monoisotopic (exact) mass is 450 g/mol. The molecule has 2 aliphatic carbocycles. The predicted molar refractivity (Wildman–Crippen MR) is 106 cm³/mol. The first-order valence-corrected chi connectivity index (χ1v) is 11.2. The van der Waals surface area contributed by atoms with Crippen molar-refractivity contribution in [3.63, 3.8) is 0 Å². The van der Waals surface area contributed by atoms with E-state index in [9.17, 15) is 30.7 Å². The number of benzene rings is 1. The van der Waals surface area contributed by atoms with Crippen molar-refractivity contribution in [1.82, 2.24) is 0 Å². The second kappa shape index (κ2) is 10.4. The van der Waals surface area contributed by atoms with E-state index in [2.05, 4.69) is 6.08 Å². The van der Waals surface area contributed by atoms with Crippen molar-refractivity contribution in [2.75, 3.05) is 0 Å². The summed E-state index contributed by atoms with van der Waals surface area (Å²) in [5, 5.41) is 0. The van der Waals surface area contributed by atoms with E-state index in [4.69, 9.17) is 0 Å². The van der Waals surface area contributed by atoms with Crippen LogP contribution in [0.5, 0.6) is 0 Å². The molecule has 1 aromatic rings. The predicted octanol–water partition coefficient (Wildman–Crippen LogP) is 8.67. The largest absolute Gasteiger partial charge is 0.422 e. The van der Waals surface area contributed by atoms with E-state index in [1.807, 2.05) is 6.08 Å². The molecule has 0 unspecified atom stereocenters. The lowest BCUT2D eigenvalue weighted by molar-refractivity contribution is -0.142. The SMILES string of the molecule is Fc1cc(C2CCC(C3CCC(C=CCCC(F)F)CC3)CC2)cc(F)c1C(F)(F)F. The van der Waals surface area contributed by atoms with Crippen molar-refractivity contribution in [1.29, 1.82) is 0 Å². The maximum Gasteiger partial charge on any atom is 0.422 e. The molecule has 0 nitrogen and oxygen atoms in total. The van der Waals surface area contributed by atoms with E-state index in [-0.39, 0.29) is 12.3 Å². The number of hydrogen-bond acceptors (Lipinski definition) is 0. The molecule has 0 saturated heterocycles. The van der Waals surface area contributed by atoms with Crippen LogP contribution in [0.25, 0.3) is 0 Å². The molecule has 0 aromatic heterocycles. The Morgan fingerprint density at radius 2 is 1.35 bits per heavy atom. The number of alkyl halides is 5. The van der Waals surface area contributed by atoms with E-state index >= 15 is 0 Å². The highest BCUT2D eigenvalue weighted by Gasteiger charge is 2.39. The number of rotatable bonds is 6. The minimum absolute atomic E-state index is 0.0954. The van der Waals surface area contributed by atoms with Crippen molar-refractivity contribution in [3.8, 4) is 0 Å². The molecule has 0 spiro atoms. The number of allylic oxidation sites excluding steroid dienone is 2. The minimum atomic E-state index is -5.04. The first-order valence-electron chi connectivity index (χ1n) is 11.2. The van der Waals surface area contributed by atoms with Crippen LogP contribution < -0.4 is 0 Å². The zero-order valence-electron chi connectivity index (χ0n) is 17.4. The molecular formula is C24H29F7. The Balaban J connectivity index is 1.48. The third-order valence-electron chi connectivity index (χ3n) is 7.03. The van der Waals surface area contributed by atoms with Crippen LogP contribution in [-0.4, -0.2) is 6.43 Å². The molecule has 0 N–H and O–H groups in total. The van der Waals surface area contributed by atoms with Crippen molar-refractivity contribution >= 4 is 0 Å². The number of hydrogen-bond donors (Lipinski definition) is 0. The fourth-order valence-electron chi connectivity index (χ4n) is 5.34. The minimum Gasteiger partial charge on any atom is -0.211 e.